The number of carboxylic acids is 1. The van der Waals surface area contributed by atoms with E-state index in [0.29, 0.717) is 4.34 Å². The van der Waals surface area contributed by atoms with Crippen molar-refractivity contribution in [1.82, 2.24) is 4.72 Å². The zero-order valence-electron chi connectivity index (χ0n) is 9.04. The van der Waals surface area contributed by atoms with Crippen LogP contribution in [-0.2, 0) is 14.8 Å². The van der Waals surface area contributed by atoms with Crippen LogP contribution in [0.5, 0.6) is 0 Å². The fourth-order valence-corrected chi connectivity index (χ4v) is 4.37. The molecule has 2 N–H and O–H groups in total. The van der Waals surface area contributed by atoms with E-state index in [1.165, 1.54) is 18.2 Å². The third-order valence-electron chi connectivity index (χ3n) is 2.52. The van der Waals surface area contributed by atoms with Crippen LogP contribution in [-0.4, -0.2) is 25.5 Å². The molecule has 2 atom stereocenters. The minimum absolute atomic E-state index is 0.125. The quantitative estimate of drug-likeness (QED) is 0.829. The van der Waals surface area contributed by atoms with Gasteiger partial charge in [-0.15, -0.1) is 11.3 Å². The summed E-state index contributed by atoms with van der Waals surface area (Å²) in [4.78, 5) is 10.7. The van der Waals surface area contributed by atoms with Gasteiger partial charge in [0.25, 0.3) is 10.0 Å². The molecule has 5 nitrogen and oxygen atoms in total. The van der Waals surface area contributed by atoms with Gasteiger partial charge in [-0.05, 0) is 18.6 Å². The van der Waals surface area contributed by atoms with Gasteiger partial charge in [0, 0.05) is 6.04 Å². The van der Waals surface area contributed by atoms with Crippen LogP contribution in [0.3, 0.4) is 0 Å². The second-order valence-electron chi connectivity index (χ2n) is 3.85. The zero-order chi connectivity index (χ0) is 13.3. The molecule has 1 heterocycles. The van der Waals surface area contributed by atoms with Crippen molar-refractivity contribution in [1.29, 1.82) is 0 Å². The van der Waals surface area contributed by atoms with Crippen molar-refractivity contribution in [3.8, 4) is 0 Å². The second-order valence-corrected chi connectivity index (χ2v) is 7.51. The highest BCUT2D eigenvalue weighted by molar-refractivity contribution is 7.91. The number of hydrogen-bond acceptors (Lipinski definition) is 4. The molecule has 0 aliphatic heterocycles. The lowest BCUT2D eigenvalue weighted by atomic mass is 10.1. The van der Waals surface area contributed by atoms with Gasteiger partial charge in [0.15, 0.2) is 0 Å². The molecular weight excluding hydrogens is 298 g/mol. The predicted octanol–water partition coefficient (Wildman–Crippen LogP) is 1.71. The molecule has 0 fully saturated rings. The van der Waals surface area contributed by atoms with E-state index in [1.807, 2.05) is 0 Å². The van der Waals surface area contributed by atoms with E-state index in [9.17, 15) is 13.2 Å². The van der Waals surface area contributed by atoms with Crippen molar-refractivity contribution < 1.29 is 18.3 Å². The van der Waals surface area contributed by atoms with Crippen molar-refractivity contribution in [2.45, 2.75) is 16.7 Å². The van der Waals surface area contributed by atoms with E-state index in [4.69, 9.17) is 16.7 Å². The Balaban J connectivity index is 2.07. The van der Waals surface area contributed by atoms with E-state index in [0.717, 1.165) is 11.3 Å². The van der Waals surface area contributed by atoms with Crippen molar-refractivity contribution in [2.24, 2.45) is 5.92 Å². The van der Waals surface area contributed by atoms with Gasteiger partial charge in [-0.25, -0.2) is 13.1 Å². The van der Waals surface area contributed by atoms with Crippen LogP contribution in [0.25, 0.3) is 0 Å². The van der Waals surface area contributed by atoms with Crippen LogP contribution in [0.2, 0.25) is 4.34 Å². The van der Waals surface area contributed by atoms with Crippen molar-refractivity contribution >= 4 is 38.9 Å². The van der Waals surface area contributed by atoms with Gasteiger partial charge >= 0.3 is 5.97 Å². The minimum Gasteiger partial charge on any atom is -0.481 e. The van der Waals surface area contributed by atoms with Gasteiger partial charge in [0.2, 0.25) is 0 Å². The Kier molecular flexibility index (Phi) is 3.76. The van der Waals surface area contributed by atoms with Gasteiger partial charge in [-0.2, -0.15) is 0 Å². The second kappa shape index (κ2) is 5.00. The molecule has 98 valence electrons. The summed E-state index contributed by atoms with van der Waals surface area (Å²) in [5.41, 5.74) is 0. The Labute approximate surface area is 113 Å². The number of sulfonamides is 1. The molecule has 1 aromatic rings. The summed E-state index contributed by atoms with van der Waals surface area (Å²) in [6.45, 7) is 0. The van der Waals surface area contributed by atoms with Gasteiger partial charge < -0.3 is 5.11 Å². The monoisotopic (exact) mass is 307 g/mol. The van der Waals surface area contributed by atoms with Crippen molar-refractivity contribution in [2.75, 3.05) is 0 Å². The summed E-state index contributed by atoms with van der Waals surface area (Å²) in [5, 5.41) is 8.81. The number of carbonyl (C=O) groups is 1. The lowest BCUT2D eigenvalue weighted by Gasteiger charge is -2.11. The van der Waals surface area contributed by atoms with Crippen molar-refractivity contribution in [3.63, 3.8) is 0 Å². The number of carboxylic acid groups (broad SMARTS) is 1. The maximum absolute atomic E-state index is 11.9. The summed E-state index contributed by atoms with van der Waals surface area (Å²) < 4.78 is 26.8. The molecule has 0 amide bonds. The Bertz CT molecular complexity index is 593. The van der Waals surface area contributed by atoms with Crippen LogP contribution in [0.1, 0.15) is 6.42 Å². The zero-order valence-corrected chi connectivity index (χ0v) is 11.4. The summed E-state index contributed by atoms with van der Waals surface area (Å²) in [6.07, 6.45) is 3.29. The predicted molar refractivity (Wildman–Crippen MR) is 68.3 cm³/mol. The van der Waals surface area contributed by atoms with Gasteiger partial charge in [-0.1, -0.05) is 23.8 Å². The lowest BCUT2D eigenvalue weighted by molar-refractivity contribution is -0.140. The van der Waals surface area contributed by atoms with E-state index >= 15 is 0 Å². The molecule has 0 saturated carbocycles. The van der Waals surface area contributed by atoms with Crippen LogP contribution in [0.4, 0.5) is 0 Å². The standard InChI is InChI=1S/C10H10ClNO4S2/c11-8-3-4-9(17-8)18(15,16)12-7-2-1-6(5-7)10(13)14/h1-4,6-7,12H,5H2,(H,13,14). The highest BCUT2D eigenvalue weighted by Crippen LogP contribution is 2.27. The smallest absolute Gasteiger partial charge is 0.310 e. The maximum Gasteiger partial charge on any atom is 0.310 e. The number of halogens is 1. The summed E-state index contributed by atoms with van der Waals surface area (Å²) in [6, 6.07) is 2.44. The first kappa shape index (κ1) is 13.5. The molecule has 1 aliphatic carbocycles. The lowest BCUT2D eigenvalue weighted by Crippen LogP contribution is -2.32. The number of rotatable bonds is 4. The van der Waals surface area contributed by atoms with E-state index < -0.39 is 28.0 Å². The third-order valence-corrected chi connectivity index (χ3v) is 5.73. The molecule has 1 aliphatic rings. The molecule has 0 bridgehead atoms. The number of aliphatic carboxylic acids is 1. The third kappa shape index (κ3) is 2.92. The first-order valence-corrected chi connectivity index (χ1v) is 7.75. The largest absolute Gasteiger partial charge is 0.481 e. The van der Waals surface area contributed by atoms with Crippen LogP contribution in [0, 0.1) is 5.92 Å². The average molecular weight is 308 g/mol. The first-order valence-electron chi connectivity index (χ1n) is 5.07. The van der Waals surface area contributed by atoms with E-state index in [1.54, 1.807) is 6.08 Å². The Morgan fingerprint density at radius 2 is 2.17 bits per heavy atom. The van der Waals surface area contributed by atoms with Gasteiger partial charge in [0.1, 0.15) is 4.21 Å². The van der Waals surface area contributed by atoms with Crippen LogP contribution in [0.15, 0.2) is 28.5 Å². The first-order chi connectivity index (χ1) is 8.38. The normalized spacial score (nSPS) is 23.4. The highest BCUT2D eigenvalue weighted by Gasteiger charge is 2.28. The van der Waals surface area contributed by atoms with Gasteiger partial charge in [-0.3, -0.25) is 4.79 Å². The molecule has 2 rings (SSSR count). The molecular formula is C10H10ClNO4S2. The van der Waals surface area contributed by atoms with Crippen LogP contribution >= 0.6 is 22.9 Å². The molecule has 8 heteroatoms. The molecule has 1 aromatic heterocycles. The average Bonchev–Trinajstić information content (AvgIpc) is 2.86. The topological polar surface area (TPSA) is 83.5 Å². The molecule has 18 heavy (non-hydrogen) atoms. The molecule has 2 unspecified atom stereocenters. The van der Waals surface area contributed by atoms with Gasteiger partial charge in [0.05, 0.1) is 10.3 Å². The fourth-order valence-electron chi connectivity index (χ4n) is 1.67. The molecule has 0 radical (unpaired) electrons. The van der Waals surface area contributed by atoms with Crippen LogP contribution < -0.4 is 4.72 Å². The Hall–Kier alpha value is -0.890. The minimum atomic E-state index is -3.63. The SMILES string of the molecule is O=C(O)C1C=CC(NS(=O)(=O)c2ccc(Cl)s2)C1. The number of thiophene rings is 1. The summed E-state index contributed by atoms with van der Waals surface area (Å²) in [5.74, 6) is -1.59. The Morgan fingerprint density at radius 3 is 2.67 bits per heavy atom. The van der Waals surface area contributed by atoms with E-state index in [2.05, 4.69) is 4.72 Å². The fraction of sp³-hybridized carbons (Fsp3) is 0.300. The molecule has 0 saturated heterocycles. The number of hydrogen-bond donors (Lipinski definition) is 2. The Morgan fingerprint density at radius 1 is 1.44 bits per heavy atom. The summed E-state index contributed by atoms with van der Waals surface area (Å²) in [7, 11) is -3.63. The number of nitrogens with one attached hydrogen (secondary N) is 1. The van der Waals surface area contributed by atoms with Crippen molar-refractivity contribution in [3.05, 3.63) is 28.6 Å². The molecule has 0 spiro atoms. The molecule has 0 aromatic carbocycles. The summed E-state index contributed by atoms with van der Waals surface area (Å²) >= 11 is 6.64. The maximum atomic E-state index is 11.9. The van der Waals surface area contributed by atoms with E-state index in [-0.39, 0.29) is 10.6 Å². The highest BCUT2D eigenvalue weighted by atomic mass is 35.5.